The number of nitrogens with zero attached hydrogens (tertiary/aromatic N) is 1. The minimum atomic E-state index is -0.198. The molecule has 0 atom stereocenters. The highest BCUT2D eigenvalue weighted by molar-refractivity contribution is 9.11. The highest BCUT2D eigenvalue weighted by Gasteiger charge is 2.10. The Bertz CT molecular complexity index is 636. The van der Waals surface area contributed by atoms with Gasteiger partial charge in [0.25, 0.3) is 5.56 Å². The monoisotopic (exact) mass is 344 g/mol. The number of hydrogen-bond acceptors (Lipinski definition) is 5. The van der Waals surface area contributed by atoms with Crippen LogP contribution in [0.25, 0.3) is 0 Å². The van der Waals surface area contributed by atoms with Crippen LogP contribution in [0.3, 0.4) is 0 Å². The van der Waals surface area contributed by atoms with Crippen molar-refractivity contribution >= 4 is 44.8 Å². The Morgan fingerprint density at radius 3 is 2.94 bits per heavy atom. The third-order valence-corrected chi connectivity index (χ3v) is 4.57. The smallest absolute Gasteiger partial charge is 0.251 e. The van der Waals surface area contributed by atoms with Crippen LogP contribution >= 0.6 is 39.0 Å². The maximum atomic E-state index is 11.9. The van der Waals surface area contributed by atoms with Gasteiger partial charge in [-0.15, -0.1) is 11.3 Å². The molecule has 18 heavy (non-hydrogen) atoms. The van der Waals surface area contributed by atoms with Gasteiger partial charge in [0.15, 0.2) is 10.9 Å². The van der Waals surface area contributed by atoms with Crippen LogP contribution in [-0.2, 0) is 0 Å². The minimum absolute atomic E-state index is 0.0276. The van der Waals surface area contributed by atoms with Crippen molar-refractivity contribution < 1.29 is 4.79 Å². The zero-order chi connectivity index (χ0) is 13.1. The molecule has 0 amide bonds. The molecule has 0 aliphatic rings. The average molecular weight is 345 g/mol. The number of carbonyl (C=O) groups is 1. The van der Waals surface area contributed by atoms with Gasteiger partial charge in [0.2, 0.25) is 0 Å². The van der Waals surface area contributed by atoms with Gasteiger partial charge in [-0.05, 0) is 35.0 Å². The number of thiophene rings is 1. The summed E-state index contributed by atoms with van der Waals surface area (Å²) in [4.78, 5) is 30.5. The molecule has 0 bridgehead atoms. The van der Waals surface area contributed by atoms with Crippen LogP contribution in [0, 0.1) is 6.92 Å². The molecule has 0 aromatic carbocycles. The minimum Gasteiger partial charge on any atom is -0.301 e. The van der Waals surface area contributed by atoms with E-state index in [1.807, 2.05) is 6.07 Å². The van der Waals surface area contributed by atoms with E-state index in [2.05, 4.69) is 25.9 Å². The second-order valence-corrected chi connectivity index (χ2v) is 6.93. The van der Waals surface area contributed by atoms with Gasteiger partial charge in [-0.1, -0.05) is 11.8 Å². The predicted octanol–water partition coefficient (Wildman–Crippen LogP) is 2.88. The van der Waals surface area contributed by atoms with E-state index in [-0.39, 0.29) is 17.1 Å². The van der Waals surface area contributed by atoms with Crippen LogP contribution in [-0.4, -0.2) is 21.5 Å². The van der Waals surface area contributed by atoms with Gasteiger partial charge in [-0.25, -0.2) is 4.98 Å². The summed E-state index contributed by atoms with van der Waals surface area (Å²) in [5.41, 5.74) is 0.448. The van der Waals surface area contributed by atoms with Crippen molar-refractivity contribution in [1.82, 2.24) is 9.97 Å². The van der Waals surface area contributed by atoms with Crippen molar-refractivity contribution in [2.45, 2.75) is 12.1 Å². The number of H-pyrrole nitrogens is 1. The molecule has 2 aromatic rings. The number of carbonyl (C=O) groups excluding carboxylic acids is 1. The predicted molar refractivity (Wildman–Crippen MR) is 76.7 cm³/mol. The molecule has 0 spiro atoms. The fourth-order valence-corrected chi connectivity index (χ4v) is 3.51. The summed E-state index contributed by atoms with van der Waals surface area (Å²) in [7, 11) is 0. The molecule has 1 N–H and O–H groups in total. The van der Waals surface area contributed by atoms with Crippen LogP contribution in [0.5, 0.6) is 0 Å². The summed E-state index contributed by atoms with van der Waals surface area (Å²) >= 11 is 5.95. The molecule has 0 fully saturated rings. The van der Waals surface area contributed by atoms with E-state index in [1.165, 1.54) is 29.2 Å². The van der Waals surface area contributed by atoms with E-state index < -0.39 is 0 Å². The van der Waals surface area contributed by atoms with Crippen LogP contribution < -0.4 is 5.56 Å². The van der Waals surface area contributed by atoms with Crippen molar-refractivity contribution in [3.8, 4) is 0 Å². The maximum absolute atomic E-state index is 11.9. The number of halogens is 1. The van der Waals surface area contributed by atoms with E-state index >= 15 is 0 Å². The van der Waals surface area contributed by atoms with Gasteiger partial charge >= 0.3 is 0 Å². The average Bonchev–Trinajstić information content (AvgIpc) is 2.71. The molecule has 0 saturated heterocycles. The molecule has 4 nitrogen and oxygen atoms in total. The third kappa shape index (κ3) is 3.54. The Morgan fingerprint density at radius 2 is 2.33 bits per heavy atom. The highest BCUT2D eigenvalue weighted by Crippen LogP contribution is 2.24. The first-order chi connectivity index (χ1) is 8.54. The molecular weight excluding hydrogens is 336 g/mol. The first-order valence-electron chi connectivity index (χ1n) is 5.04. The van der Waals surface area contributed by atoms with Crippen molar-refractivity contribution in [3.05, 3.63) is 42.9 Å². The Morgan fingerprint density at radius 1 is 1.56 bits per heavy atom. The molecule has 0 aliphatic heterocycles. The quantitative estimate of drug-likeness (QED) is 0.526. The SMILES string of the molecule is Cc1cc(=O)[nH]c(SCC(=O)c2ccc(Br)s2)n1. The van der Waals surface area contributed by atoms with Crippen LogP contribution in [0.2, 0.25) is 0 Å². The number of aromatic nitrogens is 2. The molecule has 0 unspecified atom stereocenters. The molecule has 0 radical (unpaired) electrons. The largest absolute Gasteiger partial charge is 0.301 e. The Kier molecular flexibility index (Phi) is 4.36. The summed E-state index contributed by atoms with van der Waals surface area (Å²) < 4.78 is 0.929. The number of ketones is 1. The van der Waals surface area contributed by atoms with E-state index in [0.29, 0.717) is 15.7 Å². The Balaban J connectivity index is 2.03. The van der Waals surface area contributed by atoms with Crippen LogP contribution in [0.1, 0.15) is 15.4 Å². The van der Waals surface area contributed by atoms with Gasteiger partial charge in [0.05, 0.1) is 14.4 Å². The summed E-state index contributed by atoms with van der Waals surface area (Å²) in [5.74, 6) is 0.291. The molecule has 2 heterocycles. The van der Waals surface area contributed by atoms with Crippen molar-refractivity contribution in [2.75, 3.05) is 5.75 Å². The van der Waals surface area contributed by atoms with Crippen molar-refractivity contribution in [3.63, 3.8) is 0 Å². The lowest BCUT2D eigenvalue weighted by Gasteiger charge is -2.00. The summed E-state index contributed by atoms with van der Waals surface area (Å²) in [5, 5.41) is 0.476. The second-order valence-electron chi connectivity index (χ2n) is 3.51. The molecule has 0 aliphatic carbocycles. The van der Waals surface area contributed by atoms with E-state index in [4.69, 9.17) is 0 Å². The van der Waals surface area contributed by atoms with Gasteiger partial charge in [-0.2, -0.15) is 0 Å². The summed E-state index contributed by atoms with van der Waals surface area (Å²) in [6.45, 7) is 1.75. The Hall–Kier alpha value is -0.920. The van der Waals surface area contributed by atoms with E-state index in [0.717, 1.165) is 3.79 Å². The number of hydrogen-bond donors (Lipinski definition) is 1. The second kappa shape index (κ2) is 5.81. The first-order valence-corrected chi connectivity index (χ1v) is 7.63. The lowest BCUT2D eigenvalue weighted by atomic mass is 10.4. The van der Waals surface area contributed by atoms with Gasteiger partial charge in [-0.3, -0.25) is 9.59 Å². The lowest BCUT2D eigenvalue weighted by molar-refractivity contribution is 0.102. The van der Waals surface area contributed by atoms with E-state index in [9.17, 15) is 9.59 Å². The standard InChI is InChI=1S/C11H9BrN2O2S2/c1-6-4-10(16)14-11(13-6)17-5-7(15)8-2-3-9(12)18-8/h2-4H,5H2,1H3,(H,13,14,16). The number of thioether (sulfide) groups is 1. The van der Waals surface area contributed by atoms with E-state index in [1.54, 1.807) is 13.0 Å². The van der Waals surface area contributed by atoms with Crippen molar-refractivity contribution in [2.24, 2.45) is 0 Å². The molecule has 7 heteroatoms. The van der Waals surface area contributed by atoms with Gasteiger partial charge in [0.1, 0.15) is 0 Å². The summed E-state index contributed by atoms with van der Waals surface area (Å²) in [6.07, 6.45) is 0. The fourth-order valence-electron chi connectivity index (χ4n) is 1.29. The summed E-state index contributed by atoms with van der Waals surface area (Å²) in [6, 6.07) is 5.04. The zero-order valence-electron chi connectivity index (χ0n) is 9.40. The zero-order valence-corrected chi connectivity index (χ0v) is 12.6. The van der Waals surface area contributed by atoms with Gasteiger partial charge < -0.3 is 4.98 Å². The number of Topliss-reactive ketones (excluding diaryl/α,β-unsaturated/α-hetero) is 1. The molecular formula is C11H9BrN2O2S2. The van der Waals surface area contributed by atoms with Crippen molar-refractivity contribution in [1.29, 1.82) is 0 Å². The molecule has 94 valence electrons. The van der Waals surface area contributed by atoms with Gasteiger partial charge in [0, 0.05) is 11.8 Å². The normalized spacial score (nSPS) is 10.6. The third-order valence-electron chi connectivity index (χ3n) is 2.04. The van der Waals surface area contributed by atoms with Crippen LogP contribution in [0.4, 0.5) is 0 Å². The van der Waals surface area contributed by atoms with Crippen LogP contribution in [0.15, 0.2) is 31.9 Å². The Labute approximate surface area is 120 Å². The molecule has 0 saturated carbocycles. The lowest BCUT2D eigenvalue weighted by Crippen LogP contribution is -2.09. The topological polar surface area (TPSA) is 62.8 Å². The maximum Gasteiger partial charge on any atom is 0.251 e. The number of aryl methyl sites for hydroxylation is 1. The molecule has 2 aromatic heterocycles. The number of rotatable bonds is 4. The number of nitrogens with one attached hydrogen (secondary N) is 1. The fraction of sp³-hybridized carbons (Fsp3) is 0.182. The highest BCUT2D eigenvalue weighted by atomic mass is 79.9. The first kappa shape index (κ1) is 13.5. The number of aromatic amines is 1. The molecule has 2 rings (SSSR count).